The first-order valence-electron chi connectivity index (χ1n) is 6.95. The van der Waals surface area contributed by atoms with Crippen molar-refractivity contribution < 1.29 is 4.79 Å². The predicted octanol–water partition coefficient (Wildman–Crippen LogP) is 2.64. The van der Waals surface area contributed by atoms with Crippen LogP contribution in [0, 0.1) is 16.7 Å². The first kappa shape index (κ1) is 15.5. The van der Waals surface area contributed by atoms with Crippen LogP contribution in [0.4, 0.5) is 0 Å². The lowest BCUT2D eigenvalue weighted by Gasteiger charge is -2.40. The van der Waals surface area contributed by atoms with E-state index in [1.54, 1.807) is 0 Å². The highest BCUT2D eigenvalue weighted by molar-refractivity contribution is 5.83. The van der Waals surface area contributed by atoms with Gasteiger partial charge in [-0.1, -0.05) is 20.8 Å². The van der Waals surface area contributed by atoms with E-state index in [1.165, 1.54) is 0 Å². The van der Waals surface area contributed by atoms with Crippen LogP contribution in [-0.4, -0.2) is 29.4 Å². The summed E-state index contributed by atoms with van der Waals surface area (Å²) in [7, 11) is 0. The van der Waals surface area contributed by atoms with Crippen molar-refractivity contribution >= 4 is 5.91 Å². The maximum atomic E-state index is 12.6. The number of likely N-dealkylation sites (tertiary alicyclic amines) is 1. The molecule has 0 aliphatic carbocycles. The van der Waals surface area contributed by atoms with Crippen molar-refractivity contribution in [2.75, 3.05) is 13.1 Å². The molecule has 1 rings (SSSR count). The fraction of sp³-hybridized carbons (Fsp3) is 0.933. The Labute approximate surface area is 112 Å². The Morgan fingerprint density at radius 3 is 1.94 bits per heavy atom. The molecule has 1 fully saturated rings. The average Bonchev–Trinajstić information content (AvgIpc) is 2.62. The number of hydrogen-bond donors (Lipinski definition) is 1. The second kappa shape index (κ2) is 4.52. The highest BCUT2D eigenvalue weighted by Crippen LogP contribution is 2.37. The second-order valence-corrected chi connectivity index (χ2v) is 7.95. The van der Waals surface area contributed by atoms with Crippen LogP contribution in [-0.2, 0) is 4.79 Å². The van der Waals surface area contributed by atoms with Crippen molar-refractivity contribution in [2.24, 2.45) is 22.5 Å². The summed E-state index contributed by atoms with van der Waals surface area (Å²) < 4.78 is 0. The molecule has 1 aliphatic rings. The Morgan fingerprint density at radius 2 is 1.61 bits per heavy atom. The molecule has 3 heteroatoms. The molecule has 1 heterocycles. The van der Waals surface area contributed by atoms with Gasteiger partial charge in [0.15, 0.2) is 0 Å². The van der Waals surface area contributed by atoms with Crippen LogP contribution in [0.1, 0.15) is 54.9 Å². The summed E-state index contributed by atoms with van der Waals surface area (Å²) in [6.45, 7) is 16.3. The zero-order valence-corrected chi connectivity index (χ0v) is 13.1. The molecule has 1 amide bonds. The van der Waals surface area contributed by atoms with Gasteiger partial charge in [0, 0.05) is 18.6 Å². The standard InChI is InChI=1S/C15H30N2O/c1-13(2,3)11-8-9-17(10-11)12(18)14(4,5)15(6,7)16/h11H,8-10,16H2,1-7H3. The number of amides is 1. The Kier molecular flexibility index (Phi) is 3.89. The van der Waals surface area contributed by atoms with E-state index >= 15 is 0 Å². The summed E-state index contributed by atoms with van der Waals surface area (Å²) in [6.07, 6.45) is 1.11. The van der Waals surface area contributed by atoms with Crippen LogP contribution in [0.15, 0.2) is 0 Å². The van der Waals surface area contributed by atoms with Crippen molar-refractivity contribution in [1.29, 1.82) is 0 Å². The van der Waals surface area contributed by atoms with Crippen molar-refractivity contribution in [2.45, 2.75) is 60.4 Å². The molecule has 0 aromatic rings. The van der Waals surface area contributed by atoms with E-state index in [0.717, 1.165) is 19.5 Å². The van der Waals surface area contributed by atoms with Gasteiger partial charge in [-0.3, -0.25) is 4.79 Å². The highest BCUT2D eigenvalue weighted by atomic mass is 16.2. The Hall–Kier alpha value is -0.570. The number of rotatable bonds is 2. The van der Waals surface area contributed by atoms with Gasteiger partial charge in [0.05, 0.1) is 5.41 Å². The van der Waals surface area contributed by atoms with Crippen molar-refractivity contribution in [3.05, 3.63) is 0 Å². The van der Waals surface area contributed by atoms with Gasteiger partial charge >= 0.3 is 0 Å². The van der Waals surface area contributed by atoms with Crippen LogP contribution >= 0.6 is 0 Å². The lowest BCUT2D eigenvalue weighted by molar-refractivity contribution is -0.142. The molecule has 0 spiro atoms. The molecule has 2 N–H and O–H groups in total. The van der Waals surface area contributed by atoms with Crippen LogP contribution in [0.2, 0.25) is 0 Å². The number of nitrogens with zero attached hydrogens (tertiary/aromatic N) is 1. The number of nitrogens with two attached hydrogens (primary N) is 1. The second-order valence-electron chi connectivity index (χ2n) is 7.95. The Bertz CT molecular complexity index is 320. The summed E-state index contributed by atoms with van der Waals surface area (Å²) in [6, 6.07) is 0. The SMILES string of the molecule is CC(C)(C)C1CCN(C(=O)C(C)(C)C(C)(C)N)C1. The topological polar surface area (TPSA) is 46.3 Å². The van der Waals surface area contributed by atoms with E-state index in [0.29, 0.717) is 5.92 Å². The van der Waals surface area contributed by atoms with Gasteiger partial charge in [0.1, 0.15) is 0 Å². The van der Waals surface area contributed by atoms with Crippen LogP contribution in [0.5, 0.6) is 0 Å². The molecule has 0 aromatic carbocycles. The summed E-state index contributed by atoms with van der Waals surface area (Å²) in [4.78, 5) is 14.6. The first-order chi connectivity index (χ1) is 7.87. The molecule has 1 atom stereocenters. The zero-order valence-electron chi connectivity index (χ0n) is 13.1. The number of carbonyl (C=O) groups excluding carboxylic acids is 1. The van der Waals surface area contributed by atoms with Crippen LogP contribution in [0.3, 0.4) is 0 Å². The van der Waals surface area contributed by atoms with Gasteiger partial charge in [-0.2, -0.15) is 0 Å². The van der Waals surface area contributed by atoms with E-state index in [-0.39, 0.29) is 11.3 Å². The average molecular weight is 254 g/mol. The molecule has 1 saturated heterocycles. The first-order valence-corrected chi connectivity index (χ1v) is 6.95. The summed E-state index contributed by atoms with van der Waals surface area (Å²) in [5.41, 5.74) is 5.42. The molecule has 0 bridgehead atoms. The smallest absolute Gasteiger partial charge is 0.230 e. The minimum Gasteiger partial charge on any atom is -0.342 e. The van der Waals surface area contributed by atoms with E-state index < -0.39 is 11.0 Å². The van der Waals surface area contributed by atoms with Gasteiger partial charge in [-0.15, -0.1) is 0 Å². The maximum absolute atomic E-state index is 12.6. The molecule has 18 heavy (non-hydrogen) atoms. The molecule has 0 saturated carbocycles. The molecular weight excluding hydrogens is 224 g/mol. The molecule has 0 aromatic heterocycles. The maximum Gasteiger partial charge on any atom is 0.230 e. The molecule has 106 valence electrons. The summed E-state index contributed by atoms with van der Waals surface area (Å²) >= 11 is 0. The third-order valence-corrected chi connectivity index (χ3v) is 4.85. The molecular formula is C15H30N2O. The molecule has 0 radical (unpaired) electrons. The fourth-order valence-corrected chi connectivity index (χ4v) is 2.32. The third-order valence-electron chi connectivity index (χ3n) is 4.85. The largest absolute Gasteiger partial charge is 0.342 e. The lowest BCUT2D eigenvalue weighted by atomic mass is 9.74. The van der Waals surface area contributed by atoms with Crippen molar-refractivity contribution in [3.63, 3.8) is 0 Å². The van der Waals surface area contributed by atoms with E-state index in [9.17, 15) is 4.79 Å². The minimum atomic E-state index is -0.514. The van der Waals surface area contributed by atoms with Gasteiger partial charge < -0.3 is 10.6 Å². The lowest BCUT2D eigenvalue weighted by Crippen LogP contribution is -2.56. The van der Waals surface area contributed by atoms with Gasteiger partial charge in [0.2, 0.25) is 5.91 Å². The van der Waals surface area contributed by atoms with E-state index in [1.807, 2.05) is 32.6 Å². The Balaban J connectivity index is 2.78. The fourth-order valence-electron chi connectivity index (χ4n) is 2.32. The Morgan fingerprint density at radius 1 is 1.11 bits per heavy atom. The summed E-state index contributed by atoms with van der Waals surface area (Å²) in [5.74, 6) is 0.792. The predicted molar refractivity (Wildman–Crippen MR) is 76.2 cm³/mol. The van der Waals surface area contributed by atoms with Gasteiger partial charge in [0.25, 0.3) is 0 Å². The van der Waals surface area contributed by atoms with Crippen molar-refractivity contribution in [3.8, 4) is 0 Å². The number of hydrogen-bond acceptors (Lipinski definition) is 2. The van der Waals surface area contributed by atoms with Crippen LogP contribution in [0.25, 0.3) is 0 Å². The van der Waals surface area contributed by atoms with Gasteiger partial charge in [-0.25, -0.2) is 0 Å². The highest BCUT2D eigenvalue weighted by Gasteiger charge is 2.45. The monoisotopic (exact) mass is 254 g/mol. The normalized spacial score (nSPS) is 22.4. The van der Waals surface area contributed by atoms with E-state index in [2.05, 4.69) is 20.8 Å². The summed E-state index contributed by atoms with van der Waals surface area (Å²) in [5, 5.41) is 0. The van der Waals surface area contributed by atoms with Gasteiger partial charge in [-0.05, 0) is 45.4 Å². The van der Waals surface area contributed by atoms with Crippen LogP contribution < -0.4 is 5.73 Å². The van der Waals surface area contributed by atoms with Crippen molar-refractivity contribution in [1.82, 2.24) is 4.90 Å². The third kappa shape index (κ3) is 2.87. The zero-order chi connectivity index (χ0) is 14.4. The molecule has 1 unspecified atom stereocenters. The molecule has 3 nitrogen and oxygen atoms in total. The quantitative estimate of drug-likeness (QED) is 0.823. The van der Waals surface area contributed by atoms with E-state index in [4.69, 9.17) is 5.73 Å². The minimum absolute atomic E-state index is 0.196. The number of carbonyl (C=O) groups is 1. The molecule has 1 aliphatic heterocycles.